The van der Waals surface area contributed by atoms with Gasteiger partial charge in [-0.05, 0) is 37.0 Å². The van der Waals surface area contributed by atoms with Gasteiger partial charge in [-0.25, -0.2) is 4.98 Å². The minimum absolute atomic E-state index is 0.0885. The van der Waals surface area contributed by atoms with Crippen molar-refractivity contribution < 1.29 is 15.0 Å². The summed E-state index contributed by atoms with van der Waals surface area (Å²) in [6.07, 6.45) is 11.0. The van der Waals surface area contributed by atoms with Crippen molar-refractivity contribution in [2.24, 2.45) is 23.5 Å². The van der Waals surface area contributed by atoms with E-state index in [1.165, 1.54) is 19.3 Å². The fourth-order valence-electron chi connectivity index (χ4n) is 4.99. The van der Waals surface area contributed by atoms with E-state index >= 15 is 0 Å². The molecule has 1 amide bonds. The van der Waals surface area contributed by atoms with Gasteiger partial charge in [-0.15, -0.1) is 0 Å². The zero-order valence-electron chi connectivity index (χ0n) is 17.8. The smallest absolute Gasteiger partial charge is 0.237 e. The molecule has 164 valence electrons. The Morgan fingerprint density at radius 2 is 2.00 bits per heavy atom. The summed E-state index contributed by atoms with van der Waals surface area (Å²) in [7, 11) is 0. The molecular weight excluding hydrogens is 368 g/mol. The molecule has 0 bridgehead atoms. The maximum Gasteiger partial charge on any atom is 0.237 e. The number of aliphatic hydroxyl groups excluding tert-OH is 1. The number of carbonyl (C=O) groups is 1. The largest absolute Gasteiger partial charge is 0.388 e. The van der Waals surface area contributed by atoms with E-state index < -0.39 is 23.8 Å². The van der Waals surface area contributed by atoms with E-state index in [1.807, 2.05) is 13.8 Å². The average Bonchev–Trinajstić information content (AvgIpc) is 3.44. The Morgan fingerprint density at radius 1 is 1.31 bits per heavy atom. The number of aromatic nitrogens is 2. The van der Waals surface area contributed by atoms with E-state index in [4.69, 9.17) is 5.73 Å². The molecule has 7 nitrogen and oxygen atoms in total. The summed E-state index contributed by atoms with van der Waals surface area (Å²) < 4.78 is 0. The third-order valence-electron chi connectivity index (χ3n) is 6.98. The molecule has 0 aromatic carbocycles. The van der Waals surface area contributed by atoms with Crippen LogP contribution in [0.2, 0.25) is 0 Å². The number of imidazole rings is 1. The molecule has 29 heavy (non-hydrogen) atoms. The van der Waals surface area contributed by atoms with Gasteiger partial charge in [0.1, 0.15) is 6.10 Å². The molecule has 6 N–H and O–H groups in total. The summed E-state index contributed by atoms with van der Waals surface area (Å²) in [5, 5.41) is 25.7. The van der Waals surface area contributed by atoms with Crippen molar-refractivity contribution in [3.63, 3.8) is 0 Å². The number of nitrogens with one attached hydrogen (secondary N) is 2. The van der Waals surface area contributed by atoms with Crippen LogP contribution in [0.15, 0.2) is 12.5 Å². The van der Waals surface area contributed by atoms with E-state index in [-0.39, 0.29) is 17.7 Å². The number of aliphatic hydroxyl groups is 2. The molecule has 2 saturated carbocycles. The summed E-state index contributed by atoms with van der Waals surface area (Å²) in [5.41, 5.74) is 5.75. The van der Waals surface area contributed by atoms with Gasteiger partial charge in [0, 0.05) is 18.3 Å². The molecular formula is C22H38N4O3. The van der Waals surface area contributed by atoms with Crippen molar-refractivity contribution in [2.75, 3.05) is 0 Å². The molecule has 4 atom stereocenters. The van der Waals surface area contributed by atoms with E-state index in [1.54, 1.807) is 12.5 Å². The maximum absolute atomic E-state index is 12.8. The molecule has 0 spiro atoms. The Balaban J connectivity index is 1.71. The minimum Gasteiger partial charge on any atom is -0.388 e. The van der Waals surface area contributed by atoms with Crippen LogP contribution in [-0.2, 0) is 11.2 Å². The molecule has 0 unspecified atom stereocenters. The Bertz CT molecular complexity index is 636. The minimum atomic E-state index is -1.18. The SMILES string of the molecule is CC(C)[C@](O)(C1CC1)[C@H](O)[C@H](CC1CCCCC1)NC(=O)[C@@H](N)Cc1cnc[nH]1. The van der Waals surface area contributed by atoms with E-state index in [0.717, 1.165) is 31.4 Å². The first-order valence-corrected chi connectivity index (χ1v) is 11.3. The normalized spacial score (nSPS) is 23.4. The highest BCUT2D eigenvalue weighted by Gasteiger charge is 2.53. The Morgan fingerprint density at radius 3 is 2.55 bits per heavy atom. The molecule has 1 aromatic heterocycles. The highest BCUT2D eigenvalue weighted by Crippen LogP contribution is 2.47. The number of hydrogen-bond acceptors (Lipinski definition) is 5. The van der Waals surface area contributed by atoms with Gasteiger partial charge < -0.3 is 26.2 Å². The van der Waals surface area contributed by atoms with Gasteiger partial charge in [0.25, 0.3) is 0 Å². The van der Waals surface area contributed by atoms with Gasteiger partial charge >= 0.3 is 0 Å². The predicted molar refractivity (Wildman–Crippen MR) is 112 cm³/mol. The monoisotopic (exact) mass is 406 g/mol. The number of nitrogens with zero attached hydrogens (tertiary/aromatic N) is 1. The summed E-state index contributed by atoms with van der Waals surface area (Å²) in [6.45, 7) is 3.90. The standard InChI is InChI=1S/C22H38N4O3/c1-14(2)22(29,16-8-9-16)20(27)19(10-15-6-4-3-5-7-15)26-21(28)18(23)11-17-12-24-13-25-17/h12-16,18-20,27,29H,3-11,23H2,1-2H3,(H,24,25)(H,26,28)/t18-,19-,20+,22-/m0/s1. The highest BCUT2D eigenvalue weighted by molar-refractivity contribution is 5.82. The number of hydrogen-bond donors (Lipinski definition) is 5. The van der Waals surface area contributed by atoms with Crippen LogP contribution in [-0.4, -0.2) is 49.9 Å². The first-order valence-electron chi connectivity index (χ1n) is 11.3. The topological polar surface area (TPSA) is 124 Å². The third kappa shape index (κ3) is 5.38. The fourth-order valence-corrected chi connectivity index (χ4v) is 4.99. The van der Waals surface area contributed by atoms with E-state index in [0.29, 0.717) is 18.8 Å². The van der Waals surface area contributed by atoms with E-state index in [2.05, 4.69) is 15.3 Å². The number of amides is 1. The molecule has 2 aliphatic rings. The quantitative estimate of drug-likeness (QED) is 0.406. The second kappa shape index (κ2) is 9.58. The van der Waals surface area contributed by atoms with Crippen LogP contribution >= 0.6 is 0 Å². The van der Waals surface area contributed by atoms with Crippen LogP contribution in [0.25, 0.3) is 0 Å². The van der Waals surface area contributed by atoms with Gasteiger partial charge in [-0.2, -0.15) is 0 Å². The summed E-state index contributed by atoms with van der Waals surface area (Å²) >= 11 is 0. The molecule has 0 radical (unpaired) electrons. The molecule has 1 aromatic rings. The lowest BCUT2D eigenvalue weighted by Crippen LogP contribution is -2.61. The Labute approximate surface area is 173 Å². The van der Waals surface area contributed by atoms with Crippen molar-refractivity contribution in [1.29, 1.82) is 0 Å². The summed E-state index contributed by atoms with van der Waals surface area (Å²) in [4.78, 5) is 19.8. The van der Waals surface area contributed by atoms with Crippen molar-refractivity contribution in [1.82, 2.24) is 15.3 Å². The van der Waals surface area contributed by atoms with Gasteiger partial charge in [0.15, 0.2) is 0 Å². The summed E-state index contributed by atoms with van der Waals surface area (Å²) in [5.74, 6) is 0.181. The predicted octanol–water partition coefficient (Wildman–Crippen LogP) is 1.89. The second-order valence-corrected chi connectivity index (χ2v) is 9.50. The van der Waals surface area contributed by atoms with Gasteiger partial charge in [-0.3, -0.25) is 4.79 Å². The molecule has 2 fully saturated rings. The van der Waals surface area contributed by atoms with Gasteiger partial charge in [0.05, 0.1) is 24.0 Å². The second-order valence-electron chi connectivity index (χ2n) is 9.50. The lowest BCUT2D eigenvalue weighted by atomic mass is 9.74. The Kier molecular flexibility index (Phi) is 7.35. The zero-order chi connectivity index (χ0) is 21.0. The lowest BCUT2D eigenvalue weighted by molar-refractivity contribution is -0.143. The molecule has 7 heteroatoms. The number of carbonyl (C=O) groups excluding carboxylic acids is 1. The molecule has 3 rings (SSSR count). The molecule has 0 saturated heterocycles. The molecule has 0 aliphatic heterocycles. The van der Waals surface area contributed by atoms with Crippen LogP contribution < -0.4 is 11.1 Å². The van der Waals surface area contributed by atoms with Crippen molar-refractivity contribution in [2.45, 2.75) is 95.4 Å². The zero-order valence-corrected chi connectivity index (χ0v) is 17.8. The summed E-state index contributed by atoms with van der Waals surface area (Å²) in [6, 6.07) is -1.23. The van der Waals surface area contributed by atoms with E-state index in [9.17, 15) is 15.0 Å². The average molecular weight is 407 g/mol. The number of H-pyrrole nitrogens is 1. The van der Waals surface area contributed by atoms with Crippen molar-refractivity contribution >= 4 is 5.91 Å². The molecule has 1 heterocycles. The van der Waals surface area contributed by atoms with Gasteiger partial charge in [0.2, 0.25) is 5.91 Å². The van der Waals surface area contributed by atoms with Crippen LogP contribution in [0.1, 0.15) is 70.9 Å². The van der Waals surface area contributed by atoms with Crippen LogP contribution in [0, 0.1) is 17.8 Å². The molecule has 2 aliphatic carbocycles. The Hall–Kier alpha value is -1.44. The van der Waals surface area contributed by atoms with Crippen LogP contribution in [0.5, 0.6) is 0 Å². The maximum atomic E-state index is 12.8. The highest BCUT2D eigenvalue weighted by atomic mass is 16.3. The number of rotatable bonds is 10. The van der Waals surface area contributed by atoms with Crippen LogP contribution in [0.3, 0.4) is 0 Å². The first kappa shape index (κ1) is 22.2. The number of nitrogens with two attached hydrogens (primary N) is 1. The van der Waals surface area contributed by atoms with Crippen molar-refractivity contribution in [3.05, 3.63) is 18.2 Å². The fraction of sp³-hybridized carbons (Fsp3) is 0.818. The third-order valence-corrected chi connectivity index (χ3v) is 6.98. The lowest BCUT2D eigenvalue weighted by Gasteiger charge is -2.42. The van der Waals surface area contributed by atoms with Gasteiger partial charge in [-0.1, -0.05) is 46.0 Å². The number of aromatic amines is 1. The van der Waals surface area contributed by atoms with Crippen LogP contribution in [0.4, 0.5) is 0 Å². The van der Waals surface area contributed by atoms with Crippen molar-refractivity contribution in [3.8, 4) is 0 Å². The first-order chi connectivity index (χ1) is 13.8.